The third kappa shape index (κ3) is 3.36. The van der Waals surface area contributed by atoms with Gasteiger partial charge < -0.3 is 10.1 Å². The van der Waals surface area contributed by atoms with E-state index in [2.05, 4.69) is 51.2 Å². The number of nitrogens with one attached hydrogen (secondary N) is 1. The number of rotatable bonds is 4. The lowest BCUT2D eigenvalue weighted by atomic mass is 9.83. The van der Waals surface area contributed by atoms with Crippen molar-refractivity contribution in [3.63, 3.8) is 0 Å². The highest BCUT2D eigenvalue weighted by molar-refractivity contribution is 5.59. The molecule has 1 aliphatic rings. The molecule has 0 saturated carbocycles. The largest absolute Gasteiger partial charge is 0.496 e. The van der Waals surface area contributed by atoms with Crippen LogP contribution < -0.4 is 10.1 Å². The van der Waals surface area contributed by atoms with Gasteiger partial charge in [0.05, 0.1) is 7.11 Å². The molecule has 0 heterocycles. The summed E-state index contributed by atoms with van der Waals surface area (Å²) < 4.78 is 5.49. The fourth-order valence-electron chi connectivity index (χ4n) is 3.43. The lowest BCUT2D eigenvalue weighted by molar-refractivity contribution is 0.408. The van der Waals surface area contributed by atoms with Crippen molar-refractivity contribution in [2.45, 2.75) is 40.5 Å². The number of anilines is 1. The van der Waals surface area contributed by atoms with Gasteiger partial charge >= 0.3 is 0 Å². The van der Waals surface area contributed by atoms with Crippen LogP contribution in [0.25, 0.3) is 0 Å². The third-order valence-corrected chi connectivity index (χ3v) is 4.27. The molecule has 0 bridgehead atoms. The first-order valence-electron chi connectivity index (χ1n) is 7.56. The van der Waals surface area contributed by atoms with E-state index in [4.69, 9.17) is 4.74 Å². The van der Waals surface area contributed by atoms with Gasteiger partial charge in [-0.25, -0.2) is 0 Å². The van der Waals surface area contributed by atoms with Gasteiger partial charge in [0.2, 0.25) is 0 Å². The van der Waals surface area contributed by atoms with Crippen LogP contribution >= 0.6 is 0 Å². The lowest BCUT2D eigenvalue weighted by Crippen LogP contribution is -2.20. The Kier molecular flexibility index (Phi) is 4.74. The predicted molar refractivity (Wildman–Crippen MR) is 86.6 cm³/mol. The Hall–Kier alpha value is -1.44. The molecule has 0 spiro atoms. The number of hydrogen-bond donors (Lipinski definition) is 1. The van der Waals surface area contributed by atoms with Crippen molar-refractivity contribution >= 4 is 5.69 Å². The maximum absolute atomic E-state index is 5.49. The van der Waals surface area contributed by atoms with Crippen molar-refractivity contribution in [3.05, 3.63) is 34.9 Å². The van der Waals surface area contributed by atoms with Crippen LogP contribution in [0.3, 0.4) is 0 Å². The highest BCUT2D eigenvalue weighted by Gasteiger charge is 2.18. The van der Waals surface area contributed by atoms with E-state index in [1.165, 1.54) is 35.2 Å². The third-order valence-electron chi connectivity index (χ3n) is 4.27. The van der Waals surface area contributed by atoms with Crippen LogP contribution in [0, 0.1) is 25.7 Å². The van der Waals surface area contributed by atoms with E-state index in [1.54, 1.807) is 7.11 Å². The highest BCUT2D eigenvalue weighted by Crippen LogP contribution is 2.31. The second-order valence-electron chi connectivity index (χ2n) is 6.27. The summed E-state index contributed by atoms with van der Waals surface area (Å²) in [7, 11) is 1.75. The van der Waals surface area contributed by atoms with E-state index in [-0.39, 0.29) is 0 Å². The fraction of sp³-hybridized carbons (Fsp3) is 0.556. The van der Waals surface area contributed by atoms with Gasteiger partial charge in [0.25, 0.3) is 0 Å². The topological polar surface area (TPSA) is 21.3 Å². The van der Waals surface area contributed by atoms with Gasteiger partial charge in [-0.2, -0.15) is 0 Å². The van der Waals surface area contributed by atoms with Gasteiger partial charge in [0.1, 0.15) is 5.75 Å². The molecule has 20 heavy (non-hydrogen) atoms. The van der Waals surface area contributed by atoms with Gasteiger partial charge in [0, 0.05) is 17.8 Å². The van der Waals surface area contributed by atoms with E-state index in [1.807, 2.05) is 0 Å². The summed E-state index contributed by atoms with van der Waals surface area (Å²) in [6.45, 7) is 9.83. The Labute approximate surface area is 123 Å². The standard InChI is InChI=1S/C18H27NO/c1-12-8-13(2)10-16(9-12)11-19-17-7-6-14(3)18(20-5)15(17)4/h6-8,12,16,19H,9-11H2,1-5H3. The lowest BCUT2D eigenvalue weighted by Gasteiger charge is -2.26. The van der Waals surface area contributed by atoms with Gasteiger partial charge in [0.15, 0.2) is 0 Å². The van der Waals surface area contributed by atoms with Gasteiger partial charge in [-0.05, 0) is 57.1 Å². The van der Waals surface area contributed by atoms with Crippen LogP contribution in [0.1, 0.15) is 37.8 Å². The molecule has 1 aromatic rings. The first kappa shape index (κ1) is 15.0. The molecule has 0 aliphatic heterocycles. The molecule has 2 rings (SSSR count). The van der Waals surface area contributed by atoms with E-state index < -0.39 is 0 Å². The molecule has 1 aromatic carbocycles. The summed E-state index contributed by atoms with van der Waals surface area (Å²) in [6, 6.07) is 4.30. The molecule has 2 atom stereocenters. The van der Waals surface area contributed by atoms with Gasteiger partial charge in [-0.1, -0.05) is 24.6 Å². The normalized spacial score (nSPS) is 22.4. The molecule has 2 heteroatoms. The number of aryl methyl sites for hydroxylation is 1. The summed E-state index contributed by atoms with van der Waals surface area (Å²) in [5.41, 5.74) is 5.14. The highest BCUT2D eigenvalue weighted by atomic mass is 16.5. The molecule has 2 unspecified atom stereocenters. The van der Waals surface area contributed by atoms with Crippen molar-refractivity contribution in [1.82, 2.24) is 0 Å². The Bertz CT molecular complexity index is 504. The Morgan fingerprint density at radius 1 is 1.25 bits per heavy atom. The molecule has 110 valence electrons. The van der Waals surface area contributed by atoms with Crippen molar-refractivity contribution in [2.24, 2.45) is 11.8 Å². The van der Waals surface area contributed by atoms with Crippen LogP contribution in [-0.4, -0.2) is 13.7 Å². The fourth-order valence-corrected chi connectivity index (χ4v) is 3.43. The first-order valence-corrected chi connectivity index (χ1v) is 7.56. The van der Waals surface area contributed by atoms with Crippen LogP contribution in [0.2, 0.25) is 0 Å². The molecule has 1 N–H and O–H groups in total. The Balaban J connectivity index is 2.03. The molecule has 0 fully saturated rings. The minimum Gasteiger partial charge on any atom is -0.496 e. The maximum atomic E-state index is 5.49. The predicted octanol–water partition coefficient (Wildman–Crippen LogP) is 4.72. The zero-order valence-electron chi connectivity index (χ0n) is 13.4. The molecule has 0 aromatic heterocycles. The summed E-state index contributed by atoms with van der Waals surface area (Å²) in [5.74, 6) is 2.45. The second kappa shape index (κ2) is 6.34. The molecule has 1 aliphatic carbocycles. The zero-order valence-corrected chi connectivity index (χ0v) is 13.4. The summed E-state index contributed by atoms with van der Waals surface area (Å²) >= 11 is 0. The molecule has 0 saturated heterocycles. The van der Waals surface area contributed by atoms with E-state index >= 15 is 0 Å². The summed E-state index contributed by atoms with van der Waals surface area (Å²) in [6.07, 6.45) is 4.92. The average Bonchev–Trinajstić information content (AvgIpc) is 2.37. The number of hydrogen-bond acceptors (Lipinski definition) is 2. The maximum Gasteiger partial charge on any atom is 0.126 e. The van der Waals surface area contributed by atoms with Crippen molar-refractivity contribution in [3.8, 4) is 5.75 Å². The second-order valence-corrected chi connectivity index (χ2v) is 6.27. The Morgan fingerprint density at radius 3 is 2.65 bits per heavy atom. The molecular formula is C18H27NO. The zero-order chi connectivity index (χ0) is 14.7. The van der Waals surface area contributed by atoms with E-state index in [0.717, 1.165) is 18.2 Å². The Morgan fingerprint density at radius 2 is 2.00 bits per heavy atom. The van der Waals surface area contributed by atoms with Crippen molar-refractivity contribution in [1.29, 1.82) is 0 Å². The first-order chi connectivity index (χ1) is 9.51. The monoisotopic (exact) mass is 273 g/mol. The number of methoxy groups -OCH3 is 1. The van der Waals surface area contributed by atoms with Crippen LogP contribution in [0.15, 0.2) is 23.8 Å². The van der Waals surface area contributed by atoms with Gasteiger partial charge in [-0.3, -0.25) is 0 Å². The minimum absolute atomic E-state index is 0.712. The number of ether oxygens (including phenoxy) is 1. The number of benzene rings is 1. The van der Waals surface area contributed by atoms with E-state index in [0.29, 0.717) is 5.92 Å². The van der Waals surface area contributed by atoms with Gasteiger partial charge in [-0.15, -0.1) is 0 Å². The molecular weight excluding hydrogens is 246 g/mol. The van der Waals surface area contributed by atoms with E-state index in [9.17, 15) is 0 Å². The van der Waals surface area contributed by atoms with Crippen LogP contribution in [-0.2, 0) is 0 Å². The summed E-state index contributed by atoms with van der Waals surface area (Å²) in [4.78, 5) is 0. The molecule has 2 nitrogen and oxygen atoms in total. The average molecular weight is 273 g/mol. The number of allylic oxidation sites excluding steroid dienone is 2. The van der Waals surface area contributed by atoms with Crippen molar-refractivity contribution < 1.29 is 4.74 Å². The van der Waals surface area contributed by atoms with Crippen molar-refractivity contribution in [2.75, 3.05) is 19.0 Å². The SMILES string of the molecule is COc1c(C)ccc(NCC2CC(C)=CC(C)C2)c1C. The summed E-state index contributed by atoms with van der Waals surface area (Å²) in [5, 5.41) is 3.62. The molecule has 0 radical (unpaired) electrons. The quantitative estimate of drug-likeness (QED) is 0.802. The minimum atomic E-state index is 0.712. The van der Waals surface area contributed by atoms with Crippen LogP contribution in [0.5, 0.6) is 5.75 Å². The smallest absolute Gasteiger partial charge is 0.126 e. The van der Waals surface area contributed by atoms with Crippen LogP contribution in [0.4, 0.5) is 5.69 Å². The molecule has 0 amide bonds.